The van der Waals surface area contributed by atoms with Crippen LogP contribution in [-0.2, 0) is 14.3 Å². The predicted molar refractivity (Wildman–Crippen MR) is 283 cm³/mol. The number of hydrogen-bond donors (Lipinski definition) is 3. The number of carbonyl (C=O) groups excluding carboxylic acids is 1. The van der Waals surface area contributed by atoms with Gasteiger partial charge in [0, 0.05) is 57.1 Å². The lowest BCUT2D eigenvalue weighted by atomic mass is 9.49. The van der Waals surface area contributed by atoms with Crippen molar-refractivity contribution < 1.29 is 73.5 Å². The number of halogens is 10. The number of allylic oxidation sites excluding steroid dienone is 5. The topological polar surface area (TPSA) is 96.2 Å². The number of thioether (sulfide) groups is 2. The number of carbonyl (C=O) groups is 1. The second-order valence-corrected chi connectivity index (χ2v) is 28.3. The molecule has 436 valence electrons. The molecule has 0 bridgehead atoms. The van der Waals surface area contributed by atoms with Crippen LogP contribution in [0.2, 0.25) is 0 Å². The fraction of sp³-hybridized carbons (Fsp3) is 0.689. The number of ketones is 1. The van der Waals surface area contributed by atoms with Gasteiger partial charge in [0.2, 0.25) is 0 Å². The maximum Gasteiger partial charge on any atom is 0.456 e. The minimum Gasteiger partial charge on any atom is -0.385 e. The number of fused-ring (bicyclic) bond motifs is 8. The average Bonchev–Trinajstić information content (AvgIpc) is 3.90. The normalized spacial score (nSPS) is 37.0. The minimum absolute atomic E-state index is 0.0106. The number of benzene rings is 2. The third-order valence-electron chi connectivity index (χ3n) is 20.8. The maximum atomic E-state index is 15.3. The summed E-state index contributed by atoms with van der Waals surface area (Å²) in [6.07, 6.45) is -6.85. The Morgan fingerprint density at radius 1 is 0.582 bits per heavy atom. The van der Waals surface area contributed by atoms with Gasteiger partial charge in [0.25, 0.3) is 0 Å². The van der Waals surface area contributed by atoms with E-state index in [1.54, 1.807) is 29.6 Å². The fourth-order valence-electron chi connectivity index (χ4n) is 16.9. The molecule has 2 aromatic carbocycles. The van der Waals surface area contributed by atoms with Gasteiger partial charge in [-0.1, -0.05) is 77.0 Å². The summed E-state index contributed by atoms with van der Waals surface area (Å²) in [7, 11) is 0. The summed E-state index contributed by atoms with van der Waals surface area (Å²) < 4.78 is 155. The summed E-state index contributed by atoms with van der Waals surface area (Å²) in [5, 5.41) is 35.1. The van der Waals surface area contributed by atoms with Crippen molar-refractivity contribution in [2.24, 2.45) is 39.9 Å². The highest BCUT2D eigenvalue weighted by molar-refractivity contribution is 7.99. The van der Waals surface area contributed by atoms with Gasteiger partial charge in [-0.2, -0.15) is 43.9 Å². The highest BCUT2D eigenvalue weighted by Gasteiger charge is 2.81. The van der Waals surface area contributed by atoms with E-state index in [1.165, 1.54) is 13.8 Å². The van der Waals surface area contributed by atoms with Crippen molar-refractivity contribution in [2.75, 3.05) is 24.7 Å². The first-order valence-electron chi connectivity index (χ1n) is 28.2. The van der Waals surface area contributed by atoms with Crippen molar-refractivity contribution >= 4 is 29.3 Å². The van der Waals surface area contributed by atoms with E-state index in [-0.39, 0.29) is 55.1 Å². The molecular weight excluding hydrogens is 1080 g/mol. The molecule has 2 aromatic rings. The van der Waals surface area contributed by atoms with Gasteiger partial charge in [0.05, 0.1) is 18.8 Å². The van der Waals surface area contributed by atoms with Crippen molar-refractivity contribution in [3.8, 4) is 0 Å². The van der Waals surface area contributed by atoms with Crippen LogP contribution in [0.4, 0.5) is 43.9 Å². The van der Waals surface area contributed by atoms with Gasteiger partial charge in [0.15, 0.2) is 11.6 Å². The lowest BCUT2D eigenvalue weighted by molar-refractivity contribution is -0.362. The maximum absolute atomic E-state index is 15.3. The third kappa shape index (κ3) is 9.37. The summed E-state index contributed by atoms with van der Waals surface area (Å²) in [6, 6.07) is 15.6. The van der Waals surface area contributed by atoms with Crippen molar-refractivity contribution in [1.82, 2.24) is 0 Å². The van der Waals surface area contributed by atoms with E-state index in [1.807, 2.05) is 62.4 Å². The molecule has 1 heterocycles. The van der Waals surface area contributed by atoms with Crippen LogP contribution in [0.3, 0.4) is 0 Å². The molecule has 11 atom stereocenters. The minimum atomic E-state index is -5.87. The van der Waals surface area contributed by atoms with E-state index in [4.69, 9.17) is 9.47 Å². The van der Waals surface area contributed by atoms with Crippen LogP contribution < -0.4 is 0 Å². The lowest BCUT2D eigenvalue weighted by Crippen LogP contribution is -2.65. The SMILES string of the molecule is CCSc1ccc([C@H]2C[C@@]3(C)C(CC[C@@]3(O)C(F)(F)C(F)(F)F)C3CCC4=CC(=O)CCC4=C32)cc1.CCSc1ccc([C@H]2C[C@@]3(C)C(CC[C@@]3(O)C(F)(F)C(F)(F)F)C3CC[C@@]4(O)CC5(CCC4=C32)OCC(C)(C)CO5)cc1. The summed E-state index contributed by atoms with van der Waals surface area (Å²) >= 11 is 3.33. The molecule has 0 amide bonds. The van der Waals surface area contributed by atoms with Crippen LogP contribution in [0.5, 0.6) is 0 Å². The number of aliphatic hydroxyl groups is 3. The Morgan fingerprint density at radius 2 is 1.05 bits per heavy atom. The molecule has 79 heavy (non-hydrogen) atoms. The molecule has 8 aliphatic carbocycles. The van der Waals surface area contributed by atoms with Crippen LogP contribution in [0.15, 0.2) is 92.3 Å². The summed E-state index contributed by atoms with van der Waals surface area (Å²) in [5.41, 5.74) is -4.38. The Kier molecular flexibility index (Phi) is 15.1. The summed E-state index contributed by atoms with van der Waals surface area (Å²) in [5.74, 6) is -12.0. The van der Waals surface area contributed by atoms with E-state index in [2.05, 4.69) is 13.8 Å². The van der Waals surface area contributed by atoms with E-state index in [0.717, 1.165) is 60.3 Å². The smallest absolute Gasteiger partial charge is 0.385 e. The standard InChI is InChI=1S/C33H43F5O4S.C28H31F5O2S/c1-5-43-21-8-6-20(7-9-21)23-16-28(4)24(12-15-31(28,40)32(34,35)33(36,37)38)22-10-13-29(39)17-30(14-11-25(29)26(22)23)41-18-27(2,3)19-42-30;1-3-36-19-8-4-16(5-9-19)22-15-25(2)23(12-13-26(25,35)27(29,30)28(31,32)33)21-10-6-17-14-18(34)7-11-20(17)24(21)22/h6-9,22-24,39-40H,5,10-19H2,1-4H3;4-5,8-9,14,21-23,35H,3,6-7,10-13,15H2,1-2H3/t22?,23-,24?,28+,29-,31+;21?,22-,23?,25+,26+/m11/s1. The van der Waals surface area contributed by atoms with Crippen molar-refractivity contribution in [3.63, 3.8) is 0 Å². The molecule has 0 radical (unpaired) electrons. The molecule has 11 rings (SSSR count). The zero-order chi connectivity index (χ0) is 57.4. The van der Waals surface area contributed by atoms with Crippen LogP contribution >= 0.6 is 23.5 Å². The highest BCUT2D eigenvalue weighted by atomic mass is 32.2. The monoisotopic (exact) mass is 1160 g/mol. The molecule has 9 aliphatic rings. The Morgan fingerprint density at radius 3 is 1.52 bits per heavy atom. The average molecular weight is 1160 g/mol. The zero-order valence-corrected chi connectivity index (χ0v) is 47.4. The van der Waals surface area contributed by atoms with Crippen LogP contribution in [-0.4, -0.2) is 92.6 Å². The number of ether oxygens (including phenoxy) is 2. The molecule has 6 fully saturated rings. The number of rotatable bonds is 8. The van der Waals surface area contributed by atoms with Gasteiger partial charge in [-0.25, -0.2) is 0 Å². The molecule has 5 saturated carbocycles. The first-order chi connectivity index (χ1) is 36.7. The van der Waals surface area contributed by atoms with E-state index in [9.17, 15) is 46.5 Å². The first kappa shape index (κ1) is 59.3. The molecule has 18 heteroatoms. The van der Waals surface area contributed by atoms with E-state index in [0.29, 0.717) is 64.6 Å². The molecule has 1 aliphatic heterocycles. The Balaban J connectivity index is 0.000000181. The van der Waals surface area contributed by atoms with Gasteiger partial charge >= 0.3 is 24.2 Å². The largest absolute Gasteiger partial charge is 0.456 e. The fourth-order valence-corrected chi connectivity index (χ4v) is 18.3. The second-order valence-electron chi connectivity index (χ2n) is 25.7. The molecule has 1 saturated heterocycles. The number of hydrogen-bond acceptors (Lipinski definition) is 8. The Bertz CT molecular complexity index is 2760. The lowest BCUT2D eigenvalue weighted by Gasteiger charge is -2.59. The third-order valence-corrected chi connectivity index (χ3v) is 22.6. The van der Waals surface area contributed by atoms with E-state index >= 15 is 17.6 Å². The molecule has 6 nitrogen and oxygen atoms in total. The van der Waals surface area contributed by atoms with Gasteiger partial charge in [-0.05, 0) is 170 Å². The summed E-state index contributed by atoms with van der Waals surface area (Å²) in [6.45, 7) is 12.1. The Labute approximate surface area is 465 Å². The van der Waals surface area contributed by atoms with Gasteiger partial charge in [-0.3, -0.25) is 4.79 Å². The molecule has 1 spiro atoms. The highest BCUT2D eigenvalue weighted by Crippen LogP contribution is 2.73. The van der Waals surface area contributed by atoms with Crippen LogP contribution in [0, 0.1) is 39.9 Å². The zero-order valence-electron chi connectivity index (χ0n) is 45.8. The van der Waals surface area contributed by atoms with Crippen molar-refractivity contribution in [2.45, 2.75) is 206 Å². The van der Waals surface area contributed by atoms with Crippen LogP contribution in [0.1, 0.15) is 161 Å². The van der Waals surface area contributed by atoms with Gasteiger partial charge < -0.3 is 24.8 Å². The first-order valence-corrected chi connectivity index (χ1v) is 30.2. The molecule has 4 unspecified atom stereocenters. The van der Waals surface area contributed by atoms with Crippen LogP contribution in [0.25, 0.3) is 0 Å². The second kappa shape index (κ2) is 20.2. The van der Waals surface area contributed by atoms with Crippen molar-refractivity contribution in [3.05, 3.63) is 93.6 Å². The predicted octanol–water partition coefficient (Wildman–Crippen LogP) is 15.6. The Hall–Kier alpha value is -2.87. The quantitative estimate of drug-likeness (QED) is 0.137. The number of alkyl halides is 10. The van der Waals surface area contributed by atoms with Gasteiger partial charge in [-0.15, -0.1) is 23.5 Å². The van der Waals surface area contributed by atoms with Crippen molar-refractivity contribution in [1.29, 1.82) is 0 Å². The summed E-state index contributed by atoms with van der Waals surface area (Å²) in [4.78, 5) is 14.2. The van der Waals surface area contributed by atoms with Gasteiger partial charge in [0.1, 0.15) is 11.2 Å². The molecular formula is C61H74F10O6S2. The van der Waals surface area contributed by atoms with E-state index < -0.39 is 94.1 Å². The molecule has 3 N–H and O–H groups in total. The molecule has 0 aromatic heterocycles.